The quantitative estimate of drug-likeness (QED) is 0.253. The van der Waals surface area contributed by atoms with Crippen molar-refractivity contribution >= 4 is 29.1 Å². The van der Waals surface area contributed by atoms with Crippen LogP contribution in [0.2, 0.25) is 0 Å². The van der Waals surface area contributed by atoms with E-state index in [0.717, 1.165) is 11.3 Å². The number of hydrogen-bond acceptors (Lipinski definition) is 9. The van der Waals surface area contributed by atoms with Crippen LogP contribution in [0.5, 0.6) is 11.5 Å². The molecular formula is C26H25N3O7S. The van der Waals surface area contributed by atoms with Crippen LogP contribution in [0.15, 0.2) is 63.5 Å². The Morgan fingerprint density at radius 1 is 1.22 bits per heavy atom. The molecule has 0 N–H and O–H groups in total. The highest BCUT2D eigenvalue weighted by atomic mass is 32.1. The van der Waals surface area contributed by atoms with E-state index in [1.165, 1.54) is 23.8 Å². The molecule has 37 heavy (non-hydrogen) atoms. The first-order chi connectivity index (χ1) is 17.8. The molecule has 0 saturated heterocycles. The van der Waals surface area contributed by atoms with E-state index in [4.69, 9.17) is 14.2 Å². The third-order valence-electron chi connectivity index (χ3n) is 5.71. The Morgan fingerprint density at radius 3 is 2.65 bits per heavy atom. The Balaban J connectivity index is 2.01. The number of non-ortho nitro benzene ring substituents is 1. The van der Waals surface area contributed by atoms with Gasteiger partial charge >= 0.3 is 5.97 Å². The second kappa shape index (κ2) is 10.8. The molecule has 1 atom stereocenters. The van der Waals surface area contributed by atoms with Gasteiger partial charge in [-0.3, -0.25) is 19.5 Å². The summed E-state index contributed by atoms with van der Waals surface area (Å²) in [6.07, 6.45) is 1.58. The van der Waals surface area contributed by atoms with Gasteiger partial charge in [-0.2, -0.15) is 0 Å². The van der Waals surface area contributed by atoms with Crippen LogP contribution in [0.25, 0.3) is 6.08 Å². The molecule has 0 fully saturated rings. The number of fused-ring (bicyclic) bond motifs is 1. The summed E-state index contributed by atoms with van der Waals surface area (Å²) in [5.74, 6) is 0.269. The minimum absolute atomic E-state index is 0.0856. The van der Waals surface area contributed by atoms with Gasteiger partial charge in [0.1, 0.15) is 6.04 Å². The Bertz CT molecular complexity index is 1590. The molecule has 0 radical (unpaired) electrons. The number of carbonyl (C=O) groups excluding carboxylic acids is 1. The Hall–Kier alpha value is -4.25. The topological polar surface area (TPSA) is 122 Å². The molecule has 0 amide bonds. The highest BCUT2D eigenvalue weighted by molar-refractivity contribution is 7.07. The van der Waals surface area contributed by atoms with Crippen molar-refractivity contribution in [2.24, 2.45) is 4.99 Å². The second-order valence-electron chi connectivity index (χ2n) is 7.97. The molecule has 192 valence electrons. The fourth-order valence-corrected chi connectivity index (χ4v) is 5.22. The maximum absolute atomic E-state index is 13.8. The van der Waals surface area contributed by atoms with E-state index in [0.29, 0.717) is 44.3 Å². The van der Waals surface area contributed by atoms with Crippen molar-refractivity contribution in [3.8, 4) is 11.5 Å². The monoisotopic (exact) mass is 523 g/mol. The number of benzene rings is 2. The van der Waals surface area contributed by atoms with Crippen molar-refractivity contribution in [2.45, 2.75) is 26.8 Å². The summed E-state index contributed by atoms with van der Waals surface area (Å²) in [5, 5.41) is 11.2. The third kappa shape index (κ3) is 4.90. The van der Waals surface area contributed by atoms with Gasteiger partial charge < -0.3 is 14.2 Å². The summed E-state index contributed by atoms with van der Waals surface area (Å²) in [5.41, 5.74) is 1.18. The number of nitro groups is 1. The summed E-state index contributed by atoms with van der Waals surface area (Å²) in [6, 6.07) is 10.4. The number of rotatable bonds is 8. The number of nitrogens with zero attached hydrogens (tertiary/aromatic N) is 3. The van der Waals surface area contributed by atoms with Crippen molar-refractivity contribution in [3.05, 3.63) is 94.7 Å². The van der Waals surface area contributed by atoms with E-state index < -0.39 is 22.5 Å². The van der Waals surface area contributed by atoms with Crippen molar-refractivity contribution in [1.82, 2.24) is 4.57 Å². The molecule has 2 heterocycles. The standard InChI is InChI=1S/C26H25N3O7S/c1-5-35-23-18(11-8-12-19(23)34-4)22-21(25(31)36-6-2)15(3)27-26-28(22)24(30)20(37-26)14-16-9-7-10-17(13-16)29(32)33/h7-14,22H,5-6H2,1-4H3/b20-14+/t22-/m0/s1. The third-order valence-corrected chi connectivity index (χ3v) is 6.69. The number of para-hydroxylation sites is 1. The molecule has 1 aliphatic rings. The Kier molecular flexibility index (Phi) is 7.53. The molecule has 0 aliphatic carbocycles. The molecule has 0 spiro atoms. The lowest BCUT2D eigenvalue weighted by atomic mass is 9.94. The minimum Gasteiger partial charge on any atom is -0.493 e. The average molecular weight is 524 g/mol. The predicted molar refractivity (Wildman–Crippen MR) is 138 cm³/mol. The number of esters is 1. The van der Waals surface area contributed by atoms with Gasteiger partial charge in [0.25, 0.3) is 11.2 Å². The Labute approximate surface area is 215 Å². The summed E-state index contributed by atoms with van der Waals surface area (Å²) < 4.78 is 18.5. The lowest BCUT2D eigenvalue weighted by molar-refractivity contribution is -0.384. The first kappa shape index (κ1) is 25.8. The molecule has 4 rings (SSSR count). The molecule has 2 aromatic carbocycles. The van der Waals surface area contributed by atoms with Crippen LogP contribution in [0.4, 0.5) is 5.69 Å². The lowest BCUT2D eigenvalue weighted by Gasteiger charge is -2.26. The van der Waals surface area contributed by atoms with E-state index in [1.54, 1.807) is 50.3 Å². The van der Waals surface area contributed by atoms with Gasteiger partial charge in [-0.05, 0) is 38.5 Å². The average Bonchev–Trinajstić information content (AvgIpc) is 3.18. The fourth-order valence-electron chi connectivity index (χ4n) is 4.17. The Morgan fingerprint density at radius 2 is 1.97 bits per heavy atom. The largest absolute Gasteiger partial charge is 0.493 e. The highest BCUT2D eigenvalue weighted by Crippen LogP contribution is 2.40. The van der Waals surface area contributed by atoms with E-state index in [9.17, 15) is 19.7 Å². The van der Waals surface area contributed by atoms with E-state index in [-0.39, 0.29) is 17.9 Å². The summed E-state index contributed by atoms with van der Waals surface area (Å²) >= 11 is 1.13. The summed E-state index contributed by atoms with van der Waals surface area (Å²) in [7, 11) is 1.51. The number of ether oxygens (including phenoxy) is 3. The van der Waals surface area contributed by atoms with Gasteiger partial charge in [0.2, 0.25) is 0 Å². The van der Waals surface area contributed by atoms with Crippen LogP contribution in [0.1, 0.15) is 37.9 Å². The first-order valence-electron chi connectivity index (χ1n) is 11.5. The normalized spacial score (nSPS) is 15.1. The van der Waals surface area contributed by atoms with E-state index in [1.807, 2.05) is 6.92 Å². The molecule has 3 aromatic rings. The van der Waals surface area contributed by atoms with Gasteiger partial charge in [0, 0.05) is 17.7 Å². The predicted octanol–water partition coefficient (Wildman–Crippen LogP) is 3.11. The van der Waals surface area contributed by atoms with Crippen LogP contribution in [0.3, 0.4) is 0 Å². The zero-order valence-corrected chi connectivity index (χ0v) is 21.5. The summed E-state index contributed by atoms with van der Waals surface area (Å²) in [6.45, 7) is 5.70. The molecular weight excluding hydrogens is 498 g/mol. The van der Waals surface area contributed by atoms with Crippen LogP contribution in [0, 0.1) is 10.1 Å². The van der Waals surface area contributed by atoms with E-state index >= 15 is 0 Å². The van der Waals surface area contributed by atoms with Gasteiger partial charge in [0.15, 0.2) is 16.3 Å². The molecule has 0 unspecified atom stereocenters. The van der Waals surface area contributed by atoms with Crippen molar-refractivity contribution in [2.75, 3.05) is 20.3 Å². The highest BCUT2D eigenvalue weighted by Gasteiger charge is 2.36. The van der Waals surface area contributed by atoms with Crippen LogP contribution < -0.4 is 24.4 Å². The summed E-state index contributed by atoms with van der Waals surface area (Å²) in [4.78, 5) is 42.6. The number of aromatic nitrogens is 1. The number of nitro benzene ring substituents is 1. The maximum atomic E-state index is 13.8. The second-order valence-corrected chi connectivity index (χ2v) is 8.98. The SMILES string of the molecule is CCOC(=O)C1=C(C)N=c2s/c(=C/c3cccc([N+](=O)[O-])c3)c(=O)n2[C@H]1c1cccc(OC)c1OCC. The van der Waals surface area contributed by atoms with Crippen LogP contribution in [-0.4, -0.2) is 35.8 Å². The molecule has 0 bridgehead atoms. The molecule has 1 aliphatic heterocycles. The zero-order chi connectivity index (χ0) is 26.7. The van der Waals surface area contributed by atoms with Crippen LogP contribution >= 0.6 is 11.3 Å². The molecule has 0 saturated carbocycles. The number of methoxy groups -OCH3 is 1. The van der Waals surface area contributed by atoms with Crippen molar-refractivity contribution in [3.63, 3.8) is 0 Å². The number of hydrogen-bond donors (Lipinski definition) is 0. The van der Waals surface area contributed by atoms with Gasteiger partial charge in [-0.25, -0.2) is 9.79 Å². The van der Waals surface area contributed by atoms with Crippen molar-refractivity contribution in [1.29, 1.82) is 0 Å². The van der Waals surface area contributed by atoms with Crippen LogP contribution in [-0.2, 0) is 9.53 Å². The zero-order valence-electron chi connectivity index (χ0n) is 20.7. The smallest absolute Gasteiger partial charge is 0.338 e. The van der Waals surface area contributed by atoms with Gasteiger partial charge in [0.05, 0.1) is 41.0 Å². The van der Waals surface area contributed by atoms with Gasteiger partial charge in [-0.15, -0.1) is 0 Å². The van der Waals surface area contributed by atoms with E-state index in [2.05, 4.69) is 4.99 Å². The molecule has 10 nitrogen and oxygen atoms in total. The number of allylic oxidation sites excluding steroid dienone is 1. The fraction of sp³-hybridized carbons (Fsp3) is 0.269. The first-order valence-corrected chi connectivity index (χ1v) is 12.4. The molecule has 1 aromatic heterocycles. The number of carbonyl (C=O) groups is 1. The molecule has 11 heteroatoms. The number of thiazole rings is 1. The minimum atomic E-state index is -0.890. The maximum Gasteiger partial charge on any atom is 0.338 e. The lowest BCUT2D eigenvalue weighted by Crippen LogP contribution is -2.40. The van der Waals surface area contributed by atoms with Gasteiger partial charge in [-0.1, -0.05) is 35.6 Å². The van der Waals surface area contributed by atoms with Crippen molar-refractivity contribution < 1.29 is 23.9 Å².